The maximum absolute atomic E-state index is 13.0. The van der Waals surface area contributed by atoms with Gasteiger partial charge in [0.15, 0.2) is 0 Å². The molecule has 2 bridgehead atoms. The molecule has 3 unspecified atom stereocenters. The van der Waals surface area contributed by atoms with Crippen LogP contribution >= 0.6 is 0 Å². The third-order valence-electron chi connectivity index (χ3n) is 8.59. The number of carbonyl (C=O) groups excluding carboxylic acids is 2. The number of hydrogen-bond acceptors (Lipinski definition) is 5. The molecule has 7 heteroatoms. The molecule has 3 atom stereocenters. The summed E-state index contributed by atoms with van der Waals surface area (Å²) in [6.45, 7) is 9.18. The lowest BCUT2D eigenvalue weighted by atomic mass is 9.81. The van der Waals surface area contributed by atoms with Gasteiger partial charge in [-0.2, -0.15) is 0 Å². The highest BCUT2D eigenvalue weighted by atomic mass is 16.6. The minimum atomic E-state index is -0.491. The van der Waals surface area contributed by atoms with E-state index in [4.69, 9.17) is 9.47 Å². The first-order chi connectivity index (χ1) is 18.2. The average Bonchev–Trinajstić information content (AvgIpc) is 3.52. The minimum absolute atomic E-state index is 0.192. The van der Waals surface area contributed by atoms with Gasteiger partial charge in [-0.3, -0.25) is 0 Å². The second kappa shape index (κ2) is 13.7. The molecule has 0 aliphatic heterocycles. The molecule has 4 rings (SSSR count). The highest BCUT2D eigenvalue weighted by Crippen LogP contribution is 2.44. The summed E-state index contributed by atoms with van der Waals surface area (Å²) in [5.74, 6) is 2.75. The summed E-state index contributed by atoms with van der Waals surface area (Å²) in [6.07, 6.45) is 10.2. The largest absolute Gasteiger partial charge is 0.445 e. The highest BCUT2D eigenvalue weighted by molar-refractivity contribution is 5.68. The molecular weight excluding hydrogens is 478 g/mol. The van der Waals surface area contributed by atoms with Gasteiger partial charge in [0, 0.05) is 25.7 Å². The highest BCUT2D eigenvalue weighted by Gasteiger charge is 2.39. The first-order valence-corrected chi connectivity index (χ1v) is 14.9. The third-order valence-corrected chi connectivity index (χ3v) is 8.59. The van der Waals surface area contributed by atoms with Crippen molar-refractivity contribution in [2.75, 3.05) is 26.2 Å². The number of benzene rings is 1. The molecule has 3 fully saturated rings. The van der Waals surface area contributed by atoms with Gasteiger partial charge in [0.1, 0.15) is 12.2 Å². The van der Waals surface area contributed by atoms with Gasteiger partial charge in [0.25, 0.3) is 0 Å². The third kappa shape index (κ3) is 9.18. The Morgan fingerprint density at radius 1 is 0.974 bits per heavy atom. The Morgan fingerprint density at radius 3 is 2.37 bits per heavy atom. The van der Waals surface area contributed by atoms with Crippen LogP contribution in [-0.4, -0.2) is 54.9 Å². The van der Waals surface area contributed by atoms with Crippen LogP contribution in [0.1, 0.15) is 84.1 Å². The lowest BCUT2D eigenvalue weighted by Crippen LogP contribution is -2.42. The van der Waals surface area contributed by atoms with Gasteiger partial charge in [-0.25, -0.2) is 9.59 Å². The molecule has 2 amide bonds. The monoisotopic (exact) mass is 527 g/mol. The number of amides is 2. The van der Waals surface area contributed by atoms with Crippen molar-refractivity contribution < 1.29 is 19.1 Å². The van der Waals surface area contributed by atoms with Gasteiger partial charge in [-0.15, -0.1) is 0 Å². The molecular formula is C31H49N3O4. The van der Waals surface area contributed by atoms with Crippen LogP contribution in [0.15, 0.2) is 30.3 Å². The first-order valence-electron chi connectivity index (χ1n) is 14.9. The van der Waals surface area contributed by atoms with Crippen molar-refractivity contribution in [3.8, 4) is 0 Å². The molecule has 212 valence electrons. The summed E-state index contributed by atoms with van der Waals surface area (Å²) in [6, 6.07) is 10.4. The van der Waals surface area contributed by atoms with E-state index in [2.05, 4.69) is 10.6 Å². The maximum Gasteiger partial charge on any atom is 0.410 e. The topological polar surface area (TPSA) is 79.9 Å². The number of hydrogen-bond donors (Lipinski definition) is 2. The van der Waals surface area contributed by atoms with Gasteiger partial charge in [-0.1, -0.05) is 36.8 Å². The Hall–Kier alpha value is -2.28. The van der Waals surface area contributed by atoms with Crippen LogP contribution < -0.4 is 10.6 Å². The fraction of sp³-hybridized carbons (Fsp3) is 0.742. The molecule has 0 aromatic heterocycles. The number of ether oxygens (including phenoxy) is 2. The van der Waals surface area contributed by atoms with E-state index in [0.717, 1.165) is 69.1 Å². The molecule has 3 saturated carbocycles. The Balaban J connectivity index is 1.15. The van der Waals surface area contributed by atoms with E-state index in [0.29, 0.717) is 24.4 Å². The number of alkyl carbamates (subject to hydrolysis) is 1. The predicted octanol–water partition coefficient (Wildman–Crippen LogP) is 6.12. The van der Waals surface area contributed by atoms with Crippen LogP contribution in [0.5, 0.6) is 0 Å². The van der Waals surface area contributed by atoms with E-state index in [-0.39, 0.29) is 18.8 Å². The second-order valence-corrected chi connectivity index (χ2v) is 12.8. The van der Waals surface area contributed by atoms with Crippen LogP contribution in [0, 0.1) is 23.7 Å². The molecule has 3 aliphatic rings. The van der Waals surface area contributed by atoms with Crippen LogP contribution in [0.25, 0.3) is 0 Å². The lowest BCUT2D eigenvalue weighted by Gasteiger charge is -2.34. The number of rotatable bonds is 11. The molecule has 3 aliphatic carbocycles. The van der Waals surface area contributed by atoms with E-state index >= 15 is 0 Å². The first kappa shape index (κ1) is 28.7. The zero-order valence-corrected chi connectivity index (χ0v) is 23.8. The molecule has 0 spiro atoms. The van der Waals surface area contributed by atoms with Gasteiger partial charge >= 0.3 is 12.2 Å². The van der Waals surface area contributed by atoms with Gasteiger partial charge in [-0.05, 0) is 108 Å². The number of nitrogens with zero attached hydrogens (tertiary/aromatic N) is 1. The average molecular weight is 528 g/mol. The molecule has 1 aromatic rings. The smallest absolute Gasteiger partial charge is 0.410 e. The summed E-state index contributed by atoms with van der Waals surface area (Å²) in [5.41, 5.74) is 0.494. The van der Waals surface area contributed by atoms with Gasteiger partial charge in [0.05, 0.1) is 0 Å². The van der Waals surface area contributed by atoms with Crippen LogP contribution in [-0.2, 0) is 16.1 Å². The molecule has 0 radical (unpaired) electrons. The van der Waals surface area contributed by atoms with E-state index < -0.39 is 5.60 Å². The van der Waals surface area contributed by atoms with E-state index in [1.54, 1.807) is 0 Å². The minimum Gasteiger partial charge on any atom is -0.445 e. The van der Waals surface area contributed by atoms with E-state index in [1.165, 1.54) is 25.7 Å². The maximum atomic E-state index is 13.0. The Kier molecular flexibility index (Phi) is 10.3. The molecule has 0 heterocycles. The predicted molar refractivity (Wildman–Crippen MR) is 150 cm³/mol. The second-order valence-electron chi connectivity index (χ2n) is 12.8. The normalized spacial score (nSPS) is 26.7. The molecule has 0 saturated heterocycles. The number of carbonyl (C=O) groups is 2. The summed E-state index contributed by atoms with van der Waals surface area (Å²) in [5, 5.41) is 6.72. The number of fused-ring (bicyclic) bond motifs is 2. The van der Waals surface area contributed by atoms with Crippen LogP contribution in [0.4, 0.5) is 9.59 Å². The van der Waals surface area contributed by atoms with Crippen molar-refractivity contribution in [2.24, 2.45) is 23.7 Å². The summed E-state index contributed by atoms with van der Waals surface area (Å²) in [4.78, 5) is 27.1. The Bertz CT molecular complexity index is 879. The van der Waals surface area contributed by atoms with Gasteiger partial charge < -0.3 is 25.0 Å². The van der Waals surface area contributed by atoms with Crippen molar-refractivity contribution in [1.29, 1.82) is 0 Å². The molecule has 38 heavy (non-hydrogen) atoms. The van der Waals surface area contributed by atoms with Gasteiger partial charge in [0.2, 0.25) is 0 Å². The van der Waals surface area contributed by atoms with E-state index in [9.17, 15) is 9.59 Å². The fourth-order valence-corrected chi connectivity index (χ4v) is 6.57. The molecule has 7 nitrogen and oxygen atoms in total. The molecule has 2 N–H and O–H groups in total. The van der Waals surface area contributed by atoms with Crippen molar-refractivity contribution in [1.82, 2.24) is 15.5 Å². The van der Waals surface area contributed by atoms with Crippen molar-refractivity contribution >= 4 is 12.2 Å². The van der Waals surface area contributed by atoms with Crippen molar-refractivity contribution in [3.05, 3.63) is 35.9 Å². The standard InChI is InChI=1S/C31H49N3O4/c1-31(2,3)38-30(36)34(17-7-16-32-28-19-26-14-15-27(28)18-26)21-24-12-10-23(11-13-24)20-33-29(35)37-22-25-8-5-4-6-9-25/h4-6,8-9,23-24,26-28,32H,7,10-22H2,1-3H3,(H,33,35). The summed E-state index contributed by atoms with van der Waals surface area (Å²) in [7, 11) is 0. The van der Waals surface area contributed by atoms with Crippen molar-refractivity contribution in [2.45, 2.75) is 96.8 Å². The number of nitrogens with one attached hydrogen (secondary N) is 2. The zero-order chi connectivity index (χ0) is 27.0. The zero-order valence-electron chi connectivity index (χ0n) is 23.8. The Labute approximate surface area is 229 Å². The molecule has 1 aromatic carbocycles. The summed E-state index contributed by atoms with van der Waals surface area (Å²) >= 11 is 0. The van der Waals surface area contributed by atoms with E-state index in [1.807, 2.05) is 56.0 Å². The summed E-state index contributed by atoms with van der Waals surface area (Å²) < 4.78 is 11.1. The SMILES string of the molecule is CC(C)(C)OC(=O)N(CCCNC1CC2CCC1C2)CC1CCC(CNC(=O)OCc2ccccc2)CC1. The lowest BCUT2D eigenvalue weighted by molar-refractivity contribution is 0.0199. The Morgan fingerprint density at radius 2 is 1.71 bits per heavy atom. The van der Waals surface area contributed by atoms with Crippen LogP contribution in [0.2, 0.25) is 0 Å². The van der Waals surface area contributed by atoms with Crippen molar-refractivity contribution in [3.63, 3.8) is 0 Å². The fourth-order valence-electron chi connectivity index (χ4n) is 6.57. The quantitative estimate of drug-likeness (QED) is 0.339. The van der Waals surface area contributed by atoms with Crippen LogP contribution in [0.3, 0.4) is 0 Å².